The number of benzene rings is 1. The van der Waals surface area contributed by atoms with Gasteiger partial charge in [-0.1, -0.05) is 25.0 Å². The van der Waals surface area contributed by atoms with Crippen LogP contribution in [0, 0.1) is 17.2 Å². The second-order valence-corrected chi connectivity index (χ2v) is 4.14. The highest BCUT2D eigenvalue weighted by atomic mass is 16.3. The van der Waals surface area contributed by atoms with Gasteiger partial charge >= 0.3 is 0 Å². The molecule has 0 spiro atoms. The van der Waals surface area contributed by atoms with Crippen LogP contribution in [-0.2, 0) is 0 Å². The molecule has 0 radical (unpaired) electrons. The lowest BCUT2D eigenvalue weighted by atomic mass is 9.99. The Morgan fingerprint density at radius 1 is 1.53 bits per heavy atom. The van der Waals surface area contributed by atoms with Crippen LogP contribution in [-0.4, -0.2) is 5.11 Å². The fraction of sp³-hybridized carbons (Fsp3) is 0.417. The Bertz CT molecular complexity index is 405. The van der Waals surface area contributed by atoms with Crippen molar-refractivity contribution in [2.45, 2.75) is 25.3 Å². The van der Waals surface area contributed by atoms with E-state index in [2.05, 4.69) is 0 Å². The van der Waals surface area contributed by atoms with E-state index < -0.39 is 0 Å². The largest absolute Gasteiger partial charge is 0.506 e. The van der Waals surface area contributed by atoms with Crippen LogP contribution in [0.4, 0.5) is 0 Å². The summed E-state index contributed by atoms with van der Waals surface area (Å²) >= 11 is 0. The summed E-state index contributed by atoms with van der Waals surface area (Å²) in [6, 6.07) is 6.97. The van der Waals surface area contributed by atoms with Crippen molar-refractivity contribution in [3.63, 3.8) is 0 Å². The third kappa shape index (κ3) is 2.11. The summed E-state index contributed by atoms with van der Waals surface area (Å²) in [5.74, 6) is 0.762. The minimum atomic E-state index is -0.147. The average Bonchev–Trinajstić information content (AvgIpc) is 3.02. The second-order valence-electron chi connectivity index (χ2n) is 4.14. The molecule has 1 aromatic rings. The molecule has 1 aromatic carbocycles. The van der Waals surface area contributed by atoms with Gasteiger partial charge in [-0.15, -0.1) is 0 Å². The molecule has 3 heteroatoms. The van der Waals surface area contributed by atoms with Crippen molar-refractivity contribution in [1.82, 2.24) is 0 Å². The number of aromatic hydroxyl groups is 1. The van der Waals surface area contributed by atoms with E-state index in [-0.39, 0.29) is 11.8 Å². The topological polar surface area (TPSA) is 70.0 Å². The van der Waals surface area contributed by atoms with E-state index in [0.29, 0.717) is 17.0 Å². The highest BCUT2D eigenvalue weighted by Gasteiger charge is 2.25. The molecule has 0 unspecified atom stereocenters. The number of rotatable bonds is 3. The summed E-state index contributed by atoms with van der Waals surface area (Å²) < 4.78 is 0. The molecule has 3 N–H and O–H groups in total. The number of hydrogen-bond acceptors (Lipinski definition) is 3. The van der Waals surface area contributed by atoms with Crippen LogP contribution in [0.5, 0.6) is 5.75 Å². The summed E-state index contributed by atoms with van der Waals surface area (Å²) in [6.07, 6.45) is 3.39. The van der Waals surface area contributed by atoms with Crippen LogP contribution < -0.4 is 5.73 Å². The van der Waals surface area contributed by atoms with Gasteiger partial charge in [0.2, 0.25) is 0 Å². The molecular weight excluding hydrogens is 188 g/mol. The van der Waals surface area contributed by atoms with Gasteiger partial charge in [0.25, 0.3) is 0 Å². The molecule has 1 saturated carbocycles. The van der Waals surface area contributed by atoms with E-state index in [0.717, 1.165) is 6.42 Å². The van der Waals surface area contributed by atoms with Crippen LogP contribution in [0.3, 0.4) is 0 Å². The first-order valence-electron chi connectivity index (χ1n) is 5.20. The van der Waals surface area contributed by atoms with Crippen LogP contribution in [0.1, 0.15) is 36.4 Å². The van der Waals surface area contributed by atoms with E-state index in [1.165, 1.54) is 12.8 Å². The lowest BCUT2D eigenvalue weighted by Crippen LogP contribution is -2.11. The van der Waals surface area contributed by atoms with E-state index in [9.17, 15) is 5.11 Å². The lowest BCUT2D eigenvalue weighted by Gasteiger charge is -2.13. The van der Waals surface area contributed by atoms with Crippen molar-refractivity contribution in [3.05, 3.63) is 29.3 Å². The SMILES string of the molecule is N#Cc1cccc([C@@H](N)CC2CC2)c1O. The van der Waals surface area contributed by atoms with Gasteiger partial charge in [0.15, 0.2) is 0 Å². The minimum absolute atomic E-state index is 0.0492. The molecular formula is C12H14N2O. The second kappa shape index (κ2) is 3.92. The Balaban J connectivity index is 2.22. The molecule has 0 bridgehead atoms. The normalized spacial score (nSPS) is 17.1. The van der Waals surface area contributed by atoms with Crippen LogP contribution in [0.2, 0.25) is 0 Å². The van der Waals surface area contributed by atoms with Crippen molar-refractivity contribution in [2.75, 3.05) is 0 Å². The number of nitriles is 1. The zero-order valence-electron chi connectivity index (χ0n) is 8.48. The van der Waals surface area contributed by atoms with Crippen molar-refractivity contribution < 1.29 is 5.11 Å². The quantitative estimate of drug-likeness (QED) is 0.788. The van der Waals surface area contributed by atoms with Gasteiger partial charge in [-0.25, -0.2) is 0 Å². The highest BCUT2D eigenvalue weighted by Crippen LogP contribution is 2.38. The summed E-state index contributed by atoms with van der Waals surface area (Å²) in [6.45, 7) is 0. The fourth-order valence-corrected chi connectivity index (χ4v) is 1.79. The van der Waals surface area contributed by atoms with Gasteiger partial charge in [-0.05, 0) is 18.4 Å². The maximum absolute atomic E-state index is 9.79. The van der Waals surface area contributed by atoms with Gasteiger partial charge in [0, 0.05) is 11.6 Å². The van der Waals surface area contributed by atoms with E-state index in [1.54, 1.807) is 18.2 Å². The Labute approximate surface area is 89.1 Å². The van der Waals surface area contributed by atoms with E-state index in [1.807, 2.05) is 6.07 Å². The molecule has 3 nitrogen and oxygen atoms in total. The van der Waals surface area contributed by atoms with Crippen molar-refractivity contribution in [1.29, 1.82) is 5.26 Å². The van der Waals surface area contributed by atoms with Crippen molar-refractivity contribution in [3.8, 4) is 11.8 Å². The maximum atomic E-state index is 9.79. The Morgan fingerprint density at radius 2 is 2.27 bits per heavy atom. The highest BCUT2D eigenvalue weighted by molar-refractivity contribution is 5.48. The molecule has 0 saturated heterocycles. The molecule has 2 rings (SSSR count). The third-order valence-corrected chi connectivity index (χ3v) is 2.87. The fourth-order valence-electron chi connectivity index (χ4n) is 1.79. The number of phenolic OH excluding ortho intramolecular Hbond substituents is 1. The molecule has 0 heterocycles. The maximum Gasteiger partial charge on any atom is 0.138 e. The summed E-state index contributed by atoms with van der Waals surface area (Å²) in [7, 11) is 0. The molecule has 0 aliphatic heterocycles. The Morgan fingerprint density at radius 3 is 2.87 bits per heavy atom. The predicted octanol–water partition coefficient (Wildman–Crippen LogP) is 2.06. The first-order chi connectivity index (χ1) is 7.22. The standard InChI is InChI=1S/C12H14N2O/c13-7-9-2-1-3-10(12(9)15)11(14)6-8-4-5-8/h1-3,8,11,15H,4-6,14H2/t11-/m0/s1. The van der Waals surface area contributed by atoms with Crippen LogP contribution in [0.15, 0.2) is 18.2 Å². The molecule has 0 amide bonds. The van der Waals surface area contributed by atoms with Gasteiger partial charge < -0.3 is 10.8 Å². The molecule has 1 aliphatic rings. The molecule has 78 valence electrons. The van der Waals surface area contributed by atoms with Crippen molar-refractivity contribution >= 4 is 0 Å². The molecule has 1 fully saturated rings. The molecule has 0 aromatic heterocycles. The Kier molecular flexibility index (Phi) is 2.61. The van der Waals surface area contributed by atoms with Gasteiger partial charge in [0.05, 0.1) is 5.56 Å². The number of hydrogen-bond donors (Lipinski definition) is 2. The average molecular weight is 202 g/mol. The molecule has 15 heavy (non-hydrogen) atoms. The van der Waals surface area contributed by atoms with Gasteiger partial charge in [-0.3, -0.25) is 0 Å². The van der Waals surface area contributed by atoms with Gasteiger partial charge in [0.1, 0.15) is 11.8 Å². The minimum Gasteiger partial charge on any atom is -0.506 e. The van der Waals surface area contributed by atoms with E-state index >= 15 is 0 Å². The molecule has 1 aliphatic carbocycles. The Hall–Kier alpha value is -1.53. The summed E-state index contributed by atoms with van der Waals surface area (Å²) in [5, 5.41) is 18.6. The smallest absolute Gasteiger partial charge is 0.138 e. The lowest BCUT2D eigenvalue weighted by molar-refractivity contribution is 0.454. The third-order valence-electron chi connectivity index (χ3n) is 2.87. The van der Waals surface area contributed by atoms with E-state index in [4.69, 9.17) is 11.0 Å². The first kappa shape index (κ1) is 10.0. The first-order valence-corrected chi connectivity index (χ1v) is 5.20. The zero-order chi connectivity index (χ0) is 10.8. The number of phenols is 1. The number of nitrogens with two attached hydrogens (primary N) is 1. The zero-order valence-corrected chi connectivity index (χ0v) is 8.48. The number of nitrogens with zero attached hydrogens (tertiary/aromatic N) is 1. The van der Waals surface area contributed by atoms with Crippen LogP contribution in [0.25, 0.3) is 0 Å². The number of para-hydroxylation sites is 1. The monoisotopic (exact) mass is 202 g/mol. The molecule has 1 atom stereocenters. The summed E-state index contributed by atoms with van der Waals surface area (Å²) in [5.41, 5.74) is 6.99. The predicted molar refractivity (Wildman–Crippen MR) is 57.1 cm³/mol. The summed E-state index contributed by atoms with van der Waals surface area (Å²) in [4.78, 5) is 0. The van der Waals surface area contributed by atoms with Crippen molar-refractivity contribution in [2.24, 2.45) is 11.7 Å². The van der Waals surface area contributed by atoms with Crippen LogP contribution >= 0.6 is 0 Å². The van der Waals surface area contributed by atoms with Gasteiger partial charge in [-0.2, -0.15) is 5.26 Å².